The van der Waals surface area contributed by atoms with Crippen molar-refractivity contribution in [3.8, 4) is 0 Å². The van der Waals surface area contributed by atoms with E-state index < -0.39 is 0 Å². The zero-order valence-electron chi connectivity index (χ0n) is 6.61. The van der Waals surface area contributed by atoms with Gasteiger partial charge in [0.05, 0.1) is 13.6 Å². The van der Waals surface area contributed by atoms with Crippen LogP contribution in [-0.4, -0.2) is 26.8 Å². The van der Waals surface area contributed by atoms with Gasteiger partial charge in [-0.3, -0.25) is 0 Å². The van der Waals surface area contributed by atoms with Gasteiger partial charge in [0.2, 0.25) is 0 Å². The Morgan fingerprint density at radius 1 is 1.55 bits per heavy atom. The molecular weight excluding hydrogens is 166 g/mol. The van der Waals surface area contributed by atoms with Gasteiger partial charge in [0.1, 0.15) is 0 Å². The van der Waals surface area contributed by atoms with Crippen molar-refractivity contribution in [3.05, 3.63) is 5.82 Å². The first-order valence-corrected chi connectivity index (χ1v) is 3.26. The van der Waals surface area contributed by atoms with Crippen molar-refractivity contribution in [3.63, 3.8) is 0 Å². The van der Waals surface area contributed by atoms with Crippen molar-refractivity contribution in [2.45, 2.75) is 13.5 Å². The second-order valence-electron chi connectivity index (χ2n) is 1.98. The van der Waals surface area contributed by atoms with Gasteiger partial charge in [-0.15, -0.1) is 22.6 Å². The van der Waals surface area contributed by atoms with Crippen molar-refractivity contribution < 1.29 is 0 Å². The SMILES string of the molecule is CCNCc1nnn(C)n1.Cl. The van der Waals surface area contributed by atoms with Crippen LogP contribution in [0.1, 0.15) is 12.7 Å². The molecule has 1 aromatic rings. The van der Waals surface area contributed by atoms with Crippen LogP contribution in [0, 0.1) is 0 Å². The van der Waals surface area contributed by atoms with Crippen molar-refractivity contribution in [2.75, 3.05) is 6.54 Å². The third kappa shape index (κ3) is 3.29. The van der Waals surface area contributed by atoms with Crippen LogP contribution in [0.15, 0.2) is 0 Å². The molecule has 0 saturated carbocycles. The minimum atomic E-state index is 0. The molecule has 0 spiro atoms. The minimum Gasteiger partial charge on any atom is -0.310 e. The predicted octanol–water partition coefficient (Wildman–Crippen LogP) is -0.259. The third-order valence-electron chi connectivity index (χ3n) is 1.08. The number of aromatic nitrogens is 4. The molecular formula is C5H12ClN5. The second-order valence-corrected chi connectivity index (χ2v) is 1.98. The van der Waals surface area contributed by atoms with E-state index in [4.69, 9.17) is 0 Å². The minimum absolute atomic E-state index is 0. The van der Waals surface area contributed by atoms with Crippen molar-refractivity contribution in [1.29, 1.82) is 0 Å². The highest BCUT2D eigenvalue weighted by Crippen LogP contribution is 1.81. The van der Waals surface area contributed by atoms with Crippen molar-refractivity contribution >= 4 is 12.4 Å². The van der Waals surface area contributed by atoms with Crippen molar-refractivity contribution in [2.24, 2.45) is 7.05 Å². The highest BCUT2D eigenvalue weighted by Gasteiger charge is 1.96. The topological polar surface area (TPSA) is 55.6 Å². The fourth-order valence-corrected chi connectivity index (χ4v) is 0.631. The molecule has 6 heteroatoms. The van der Waals surface area contributed by atoms with Gasteiger partial charge in [0, 0.05) is 0 Å². The molecule has 0 unspecified atom stereocenters. The Balaban J connectivity index is 0.000001000. The molecule has 0 fully saturated rings. The summed E-state index contributed by atoms with van der Waals surface area (Å²) >= 11 is 0. The molecule has 1 aromatic heterocycles. The molecule has 0 aliphatic rings. The Morgan fingerprint density at radius 3 is 2.73 bits per heavy atom. The van der Waals surface area contributed by atoms with E-state index in [0.29, 0.717) is 6.54 Å². The summed E-state index contributed by atoms with van der Waals surface area (Å²) in [5.74, 6) is 0.740. The lowest BCUT2D eigenvalue weighted by molar-refractivity contribution is 0.622. The van der Waals surface area contributed by atoms with Gasteiger partial charge in [0.25, 0.3) is 0 Å². The molecule has 0 atom stereocenters. The predicted molar refractivity (Wildman–Crippen MR) is 43.4 cm³/mol. The zero-order chi connectivity index (χ0) is 7.40. The van der Waals surface area contributed by atoms with E-state index in [1.165, 1.54) is 4.80 Å². The molecule has 1 heterocycles. The van der Waals surface area contributed by atoms with Gasteiger partial charge in [-0.25, -0.2) is 0 Å². The molecule has 1 rings (SSSR count). The van der Waals surface area contributed by atoms with Crippen LogP contribution >= 0.6 is 12.4 Å². The normalized spacial score (nSPS) is 9.27. The van der Waals surface area contributed by atoms with Crippen LogP contribution in [-0.2, 0) is 13.6 Å². The molecule has 5 nitrogen and oxygen atoms in total. The molecule has 64 valence electrons. The maximum absolute atomic E-state index is 3.98. The molecule has 0 saturated heterocycles. The summed E-state index contributed by atoms with van der Waals surface area (Å²) < 4.78 is 0. The quantitative estimate of drug-likeness (QED) is 0.692. The molecule has 0 aliphatic heterocycles. The van der Waals surface area contributed by atoms with E-state index >= 15 is 0 Å². The number of tetrazole rings is 1. The molecule has 0 radical (unpaired) electrons. The lowest BCUT2D eigenvalue weighted by Crippen LogP contribution is -2.13. The van der Waals surface area contributed by atoms with E-state index in [-0.39, 0.29) is 12.4 Å². The number of hydrogen-bond donors (Lipinski definition) is 1. The van der Waals surface area contributed by atoms with Gasteiger partial charge >= 0.3 is 0 Å². The van der Waals surface area contributed by atoms with Gasteiger partial charge < -0.3 is 5.32 Å². The van der Waals surface area contributed by atoms with Gasteiger partial charge in [-0.05, 0) is 11.8 Å². The summed E-state index contributed by atoms with van der Waals surface area (Å²) in [6.07, 6.45) is 0. The molecule has 0 aromatic carbocycles. The monoisotopic (exact) mass is 177 g/mol. The summed E-state index contributed by atoms with van der Waals surface area (Å²) in [5, 5.41) is 14.6. The van der Waals surface area contributed by atoms with Gasteiger partial charge in [-0.1, -0.05) is 6.92 Å². The zero-order valence-corrected chi connectivity index (χ0v) is 7.43. The van der Waals surface area contributed by atoms with Crippen LogP contribution in [0.4, 0.5) is 0 Å². The third-order valence-corrected chi connectivity index (χ3v) is 1.08. The molecule has 0 bridgehead atoms. The molecule has 11 heavy (non-hydrogen) atoms. The fraction of sp³-hybridized carbons (Fsp3) is 0.800. The second kappa shape index (κ2) is 5.03. The summed E-state index contributed by atoms with van der Waals surface area (Å²) in [6, 6.07) is 0. The first-order valence-electron chi connectivity index (χ1n) is 3.26. The average molecular weight is 178 g/mol. The van der Waals surface area contributed by atoms with Crippen molar-refractivity contribution in [1.82, 2.24) is 25.5 Å². The molecule has 0 amide bonds. The summed E-state index contributed by atoms with van der Waals surface area (Å²) in [6.45, 7) is 3.67. The number of rotatable bonds is 3. The van der Waals surface area contributed by atoms with Gasteiger partial charge in [-0.2, -0.15) is 4.80 Å². The Morgan fingerprint density at radius 2 is 2.27 bits per heavy atom. The Kier molecular flexibility index (Phi) is 4.72. The summed E-state index contributed by atoms with van der Waals surface area (Å²) in [5.41, 5.74) is 0. The smallest absolute Gasteiger partial charge is 0.188 e. The van der Waals surface area contributed by atoms with Crippen LogP contribution in [0.3, 0.4) is 0 Å². The highest BCUT2D eigenvalue weighted by atomic mass is 35.5. The van der Waals surface area contributed by atoms with Crippen LogP contribution in [0.2, 0.25) is 0 Å². The number of nitrogens with one attached hydrogen (secondary N) is 1. The number of nitrogens with zero attached hydrogens (tertiary/aromatic N) is 4. The fourth-order valence-electron chi connectivity index (χ4n) is 0.631. The van der Waals surface area contributed by atoms with Crippen LogP contribution < -0.4 is 5.32 Å². The number of hydrogen-bond acceptors (Lipinski definition) is 4. The molecule has 1 N–H and O–H groups in total. The number of aryl methyl sites for hydroxylation is 1. The summed E-state index contributed by atoms with van der Waals surface area (Å²) in [7, 11) is 1.75. The van der Waals surface area contributed by atoms with Crippen LogP contribution in [0.25, 0.3) is 0 Å². The number of halogens is 1. The van der Waals surface area contributed by atoms with E-state index in [9.17, 15) is 0 Å². The maximum atomic E-state index is 3.98. The lowest BCUT2D eigenvalue weighted by Gasteiger charge is -1.91. The average Bonchev–Trinajstić information content (AvgIpc) is 2.31. The first-order chi connectivity index (χ1) is 4.83. The van der Waals surface area contributed by atoms with E-state index in [1.807, 2.05) is 6.92 Å². The standard InChI is InChI=1S/C5H11N5.ClH/c1-3-6-4-5-7-9-10(2)8-5;/h6H,3-4H2,1-2H3;1H. The van der Waals surface area contributed by atoms with Gasteiger partial charge in [0.15, 0.2) is 5.82 Å². The summed E-state index contributed by atoms with van der Waals surface area (Å²) in [4.78, 5) is 1.45. The maximum Gasteiger partial charge on any atom is 0.188 e. The van der Waals surface area contributed by atoms with E-state index in [2.05, 4.69) is 20.7 Å². The Hall–Kier alpha value is -0.680. The Bertz CT molecular complexity index is 199. The highest BCUT2D eigenvalue weighted by molar-refractivity contribution is 5.85. The van der Waals surface area contributed by atoms with E-state index in [0.717, 1.165) is 12.4 Å². The van der Waals surface area contributed by atoms with Crippen LogP contribution in [0.5, 0.6) is 0 Å². The Labute approximate surface area is 71.6 Å². The lowest BCUT2D eigenvalue weighted by atomic mass is 10.6. The molecule has 0 aliphatic carbocycles. The first kappa shape index (κ1) is 10.3. The van der Waals surface area contributed by atoms with E-state index in [1.54, 1.807) is 7.05 Å². The largest absolute Gasteiger partial charge is 0.310 e.